The molecule has 2 nitrogen and oxygen atoms in total. The molecule has 56 valence electrons. The molecule has 0 aromatic carbocycles. The summed E-state index contributed by atoms with van der Waals surface area (Å²) in [5, 5.41) is 2.67. The second kappa shape index (κ2) is 4.79. The molecule has 0 aliphatic rings. The molecule has 1 amide bonds. The molecule has 0 aliphatic carbocycles. The molecule has 0 radical (unpaired) electrons. The van der Waals surface area contributed by atoms with Crippen LogP contribution in [0.2, 0.25) is 0 Å². The van der Waals surface area contributed by atoms with Crippen molar-refractivity contribution in [3.8, 4) is 0 Å². The fraction of sp³-hybridized carbons (Fsp3) is 0.375. The van der Waals surface area contributed by atoms with Crippen LogP contribution in [0, 0.1) is 0 Å². The summed E-state index contributed by atoms with van der Waals surface area (Å²) >= 11 is 0. The third kappa shape index (κ3) is 2.49. The smallest absolute Gasteiger partial charge is 0.250 e. The van der Waals surface area contributed by atoms with Gasteiger partial charge in [0.15, 0.2) is 0 Å². The van der Waals surface area contributed by atoms with Crippen LogP contribution in [-0.2, 0) is 4.79 Å². The third-order valence-electron chi connectivity index (χ3n) is 1.13. The van der Waals surface area contributed by atoms with Gasteiger partial charge in [-0.1, -0.05) is 18.7 Å². The molecule has 0 atom stereocenters. The van der Waals surface area contributed by atoms with Gasteiger partial charge < -0.3 is 5.32 Å². The summed E-state index contributed by atoms with van der Waals surface area (Å²) in [6, 6.07) is 0. The SMILES string of the molecule is C=C/C(=C\C)C(=O)NCC. The lowest BCUT2D eigenvalue weighted by atomic mass is 10.2. The number of allylic oxidation sites excluding steroid dienone is 1. The average Bonchev–Trinajstić information content (AvgIpc) is 1.91. The van der Waals surface area contributed by atoms with E-state index in [1.54, 1.807) is 12.2 Å². The van der Waals surface area contributed by atoms with Crippen LogP contribution < -0.4 is 5.32 Å². The molecule has 0 aromatic rings. The van der Waals surface area contributed by atoms with Gasteiger partial charge in [-0.05, 0) is 13.8 Å². The van der Waals surface area contributed by atoms with Gasteiger partial charge in [0.05, 0.1) is 0 Å². The molecule has 10 heavy (non-hydrogen) atoms. The fourth-order valence-electron chi connectivity index (χ4n) is 0.604. The predicted octanol–water partition coefficient (Wildman–Crippen LogP) is 1.25. The lowest BCUT2D eigenvalue weighted by molar-refractivity contribution is -0.117. The predicted molar refractivity (Wildman–Crippen MR) is 42.6 cm³/mol. The molecule has 0 bridgehead atoms. The summed E-state index contributed by atoms with van der Waals surface area (Å²) in [5.74, 6) is -0.0556. The van der Waals surface area contributed by atoms with Crippen molar-refractivity contribution in [3.05, 3.63) is 24.3 Å². The first-order valence-corrected chi connectivity index (χ1v) is 3.33. The summed E-state index contributed by atoms with van der Waals surface area (Å²) in [6.07, 6.45) is 3.28. The number of hydrogen-bond donors (Lipinski definition) is 1. The fourth-order valence-corrected chi connectivity index (χ4v) is 0.604. The van der Waals surface area contributed by atoms with Crippen LogP contribution in [0.3, 0.4) is 0 Å². The Morgan fingerprint density at radius 2 is 2.30 bits per heavy atom. The summed E-state index contributed by atoms with van der Waals surface area (Å²) in [7, 11) is 0. The Hall–Kier alpha value is -1.05. The first-order valence-electron chi connectivity index (χ1n) is 3.33. The van der Waals surface area contributed by atoms with Crippen LogP contribution in [0.25, 0.3) is 0 Å². The zero-order valence-electron chi connectivity index (χ0n) is 6.48. The van der Waals surface area contributed by atoms with E-state index >= 15 is 0 Å². The lowest BCUT2D eigenvalue weighted by Crippen LogP contribution is -2.23. The highest BCUT2D eigenvalue weighted by Crippen LogP contribution is 1.93. The van der Waals surface area contributed by atoms with Crippen molar-refractivity contribution >= 4 is 5.91 Å². The molecular formula is C8H13NO. The normalized spacial score (nSPS) is 10.8. The summed E-state index contributed by atoms with van der Waals surface area (Å²) in [5.41, 5.74) is 0.627. The highest BCUT2D eigenvalue weighted by Gasteiger charge is 2.00. The van der Waals surface area contributed by atoms with E-state index < -0.39 is 0 Å². The molecule has 0 heterocycles. The Bertz CT molecular complexity index is 159. The summed E-state index contributed by atoms with van der Waals surface area (Å²) in [6.45, 7) is 7.86. The minimum atomic E-state index is -0.0556. The Labute approximate surface area is 61.6 Å². The molecule has 0 saturated carbocycles. The van der Waals surface area contributed by atoms with Crippen LogP contribution in [0.15, 0.2) is 24.3 Å². The number of nitrogens with one attached hydrogen (secondary N) is 1. The molecule has 2 heteroatoms. The third-order valence-corrected chi connectivity index (χ3v) is 1.13. The highest BCUT2D eigenvalue weighted by molar-refractivity contribution is 5.95. The van der Waals surface area contributed by atoms with Crippen LogP contribution in [0.4, 0.5) is 0 Å². The van der Waals surface area contributed by atoms with Gasteiger partial charge in [-0.15, -0.1) is 0 Å². The van der Waals surface area contributed by atoms with E-state index in [1.165, 1.54) is 0 Å². The Balaban J connectivity index is 4.04. The van der Waals surface area contributed by atoms with Gasteiger partial charge in [0.2, 0.25) is 0 Å². The van der Waals surface area contributed by atoms with Gasteiger partial charge in [-0.2, -0.15) is 0 Å². The van der Waals surface area contributed by atoms with Gasteiger partial charge in [-0.25, -0.2) is 0 Å². The standard InChI is InChI=1S/C8H13NO/c1-4-7(5-2)8(10)9-6-3/h4-5H,1,6H2,2-3H3,(H,9,10)/b7-5+. The minimum Gasteiger partial charge on any atom is -0.352 e. The maximum atomic E-state index is 11.0. The van der Waals surface area contributed by atoms with E-state index in [4.69, 9.17) is 0 Å². The van der Waals surface area contributed by atoms with Crippen LogP contribution in [0.5, 0.6) is 0 Å². The van der Waals surface area contributed by atoms with Gasteiger partial charge in [-0.3, -0.25) is 4.79 Å². The number of rotatable bonds is 3. The maximum absolute atomic E-state index is 11.0. The van der Waals surface area contributed by atoms with Crippen molar-refractivity contribution in [2.45, 2.75) is 13.8 Å². The first kappa shape index (κ1) is 8.95. The van der Waals surface area contributed by atoms with E-state index in [0.29, 0.717) is 12.1 Å². The summed E-state index contributed by atoms with van der Waals surface area (Å²) in [4.78, 5) is 11.0. The van der Waals surface area contributed by atoms with Gasteiger partial charge in [0.1, 0.15) is 0 Å². The van der Waals surface area contributed by atoms with E-state index in [9.17, 15) is 4.79 Å². The van der Waals surface area contributed by atoms with E-state index in [1.807, 2.05) is 13.8 Å². The number of carbonyl (C=O) groups excluding carboxylic acids is 1. The van der Waals surface area contributed by atoms with Gasteiger partial charge in [0.25, 0.3) is 5.91 Å². The molecule has 0 rings (SSSR count). The molecular weight excluding hydrogens is 126 g/mol. The highest BCUT2D eigenvalue weighted by atomic mass is 16.1. The molecule has 0 fully saturated rings. The van der Waals surface area contributed by atoms with Crippen molar-refractivity contribution in [3.63, 3.8) is 0 Å². The Kier molecular flexibility index (Phi) is 4.29. The molecule has 0 aromatic heterocycles. The van der Waals surface area contributed by atoms with Crippen molar-refractivity contribution in [1.29, 1.82) is 0 Å². The first-order chi connectivity index (χ1) is 4.76. The number of likely N-dealkylation sites (N-methyl/N-ethyl adjacent to an activating group) is 1. The second-order valence-electron chi connectivity index (χ2n) is 1.81. The molecule has 1 N–H and O–H groups in total. The number of carbonyl (C=O) groups is 1. The molecule has 0 unspecified atom stereocenters. The van der Waals surface area contributed by atoms with Gasteiger partial charge in [0, 0.05) is 12.1 Å². The monoisotopic (exact) mass is 139 g/mol. The number of hydrogen-bond acceptors (Lipinski definition) is 1. The molecule has 0 aliphatic heterocycles. The second-order valence-corrected chi connectivity index (χ2v) is 1.81. The van der Waals surface area contributed by atoms with Crippen molar-refractivity contribution in [2.24, 2.45) is 0 Å². The quantitative estimate of drug-likeness (QED) is 0.463. The maximum Gasteiger partial charge on any atom is 0.250 e. The average molecular weight is 139 g/mol. The van der Waals surface area contributed by atoms with Crippen LogP contribution >= 0.6 is 0 Å². The van der Waals surface area contributed by atoms with Crippen LogP contribution in [0.1, 0.15) is 13.8 Å². The lowest BCUT2D eigenvalue weighted by Gasteiger charge is -1.99. The Morgan fingerprint density at radius 1 is 1.70 bits per heavy atom. The topological polar surface area (TPSA) is 29.1 Å². The van der Waals surface area contributed by atoms with Gasteiger partial charge >= 0.3 is 0 Å². The van der Waals surface area contributed by atoms with Crippen LogP contribution in [-0.4, -0.2) is 12.5 Å². The Morgan fingerprint density at radius 3 is 2.60 bits per heavy atom. The molecule has 0 saturated heterocycles. The number of amides is 1. The van der Waals surface area contributed by atoms with Crippen molar-refractivity contribution < 1.29 is 4.79 Å². The van der Waals surface area contributed by atoms with Crippen molar-refractivity contribution in [2.75, 3.05) is 6.54 Å². The van der Waals surface area contributed by atoms with E-state index in [2.05, 4.69) is 11.9 Å². The zero-order chi connectivity index (χ0) is 7.98. The largest absolute Gasteiger partial charge is 0.352 e. The van der Waals surface area contributed by atoms with E-state index in [-0.39, 0.29) is 5.91 Å². The van der Waals surface area contributed by atoms with Crippen molar-refractivity contribution in [1.82, 2.24) is 5.32 Å². The molecule has 0 spiro atoms. The summed E-state index contributed by atoms with van der Waals surface area (Å²) < 4.78 is 0. The minimum absolute atomic E-state index is 0.0556. The zero-order valence-corrected chi connectivity index (χ0v) is 6.48. The van der Waals surface area contributed by atoms with E-state index in [0.717, 1.165) is 0 Å².